The van der Waals surface area contributed by atoms with Crippen LogP contribution in [0.1, 0.15) is 11.6 Å². The summed E-state index contributed by atoms with van der Waals surface area (Å²) in [5.41, 5.74) is 0.175. The monoisotopic (exact) mass is 413 g/mol. The fourth-order valence-electron chi connectivity index (χ4n) is 2.21. The largest absolute Gasteiger partial charge is 0.315 e. The van der Waals surface area contributed by atoms with Crippen LogP contribution >= 0.6 is 15.9 Å². The molecule has 1 aromatic heterocycles. The molecular weight excluding hydrogens is 402 g/mol. The molecule has 2 aromatic rings. The summed E-state index contributed by atoms with van der Waals surface area (Å²) in [6.07, 6.45) is 1.46. The van der Waals surface area contributed by atoms with E-state index in [0.29, 0.717) is 10.2 Å². The molecule has 0 bridgehead atoms. The van der Waals surface area contributed by atoms with Crippen molar-refractivity contribution in [2.75, 3.05) is 17.8 Å². The molecule has 1 aromatic carbocycles. The summed E-state index contributed by atoms with van der Waals surface area (Å²) in [5.74, 6) is 0.0370. The van der Waals surface area contributed by atoms with Gasteiger partial charge in [0.05, 0.1) is 15.1 Å². The van der Waals surface area contributed by atoms with Crippen LogP contribution in [0, 0.1) is 10.1 Å². The molecule has 9 nitrogen and oxygen atoms in total. The maximum atomic E-state index is 12.5. The Morgan fingerprint density at radius 3 is 2.67 bits per heavy atom. The average Bonchev–Trinajstić information content (AvgIpc) is 2.48. The summed E-state index contributed by atoms with van der Waals surface area (Å²) in [7, 11) is -4.18. The van der Waals surface area contributed by atoms with Gasteiger partial charge < -0.3 is 5.32 Å². The minimum Gasteiger partial charge on any atom is -0.315 e. The highest BCUT2D eigenvalue weighted by atomic mass is 79.9. The number of aromatic nitrogens is 2. The molecule has 24 heavy (non-hydrogen) atoms. The third-order valence-corrected chi connectivity index (χ3v) is 5.50. The quantitative estimate of drug-likeness (QED) is 0.562. The van der Waals surface area contributed by atoms with E-state index >= 15 is 0 Å². The first-order chi connectivity index (χ1) is 11.4. The van der Waals surface area contributed by atoms with Gasteiger partial charge >= 0.3 is 0 Å². The highest BCUT2D eigenvalue weighted by molar-refractivity contribution is 9.10. The zero-order chi connectivity index (χ0) is 17.3. The van der Waals surface area contributed by atoms with Crippen LogP contribution in [-0.4, -0.2) is 36.4 Å². The Morgan fingerprint density at radius 1 is 1.33 bits per heavy atom. The second-order valence-electron chi connectivity index (χ2n) is 5.11. The Balaban J connectivity index is 1.94. The molecule has 1 aliphatic heterocycles. The van der Waals surface area contributed by atoms with Crippen molar-refractivity contribution in [1.29, 1.82) is 0 Å². The zero-order valence-electron chi connectivity index (χ0n) is 12.1. The molecule has 2 heterocycles. The van der Waals surface area contributed by atoms with Crippen LogP contribution in [0.25, 0.3) is 0 Å². The number of nitro benzene ring substituents is 1. The topological polar surface area (TPSA) is 127 Å². The van der Waals surface area contributed by atoms with E-state index in [1.807, 2.05) is 0 Å². The molecule has 0 radical (unpaired) electrons. The number of benzene rings is 1. The predicted molar refractivity (Wildman–Crippen MR) is 89.2 cm³/mol. The summed E-state index contributed by atoms with van der Waals surface area (Å²) in [6, 6.07) is 5.10. The molecule has 0 amide bonds. The van der Waals surface area contributed by atoms with Crippen molar-refractivity contribution in [2.24, 2.45) is 0 Å². The lowest BCUT2D eigenvalue weighted by molar-refractivity contribution is -0.387. The number of nitrogens with one attached hydrogen (secondary N) is 2. The fourth-order valence-corrected chi connectivity index (χ4v) is 3.85. The molecule has 1 aliphatic rings. The maximum absolute atomic E-state index is 12.5. The van der Waals surface area contributed by atoms with Gasteiger partial charge in [-0.25, -0.2) is 23.1 Å². The van der Waals surface area contributed by atoms with Gasteiger partial charge in [-0.05, 0) is 22.0 Å². The van der Waals surface area contributed by atoms with Crippen molar-refractivity contribution in [1.82, 2.24) is 15.3 Å². The van der Waals surface area contributed by atoms with Crippen molar-refractivity contribution >= 4 is 37.6 Å². The summed E-state index contributed by atoms with van der Waals surface area (Å²) in [4.78, 5) is 18.0. The second-order valence-corrected chi connectivity index (χ2v) is 7.62. The lowest BCUT2D eigenvalue weighted by Gasteiger charge is -2.27. The van der Waals surface area contributed by atoms with E-state index < -0.39 is 25.5 Å². The van der Waals surface area contributed by atoms with Gasteiger partial charge in [0.1, 0.15) is 0 Å². The Morgan fingerprint density at radius 2 is 2.04 bits per heavy atom. The standard InChI is InChI=1S/C13H12BrN5O4S/c14-9-7-16-13(17-12(9)8-5-15-6-8)18-24(22,23)11-4-2-1-3-10(11)19(20)21/h1-4,7-8,15H,5-6H2,(H,16,17,18). The van der Waals surface area contributed by atoms with Crippen molar-refractivity contribution < 1.29 is 13.3 Å². The second kappa shape index (κ2) is 6.42. The van der Waals surface area contributed by atoms with E-state index in [1.165, 1.54) is 18.3 Å². The molecule has 1 saturated heterocycles. The van der Waals surface area contributed by atoms with Crippen LogP contribution in [0.15, 0.2) is 39.8 Å². The van der Waals surface area contributed by atoms with E-state index in [9.17, 15) is 18.5 Å². The van der Waals surface area contributed by atoms with E-state index in [0.717, 1.165) is 25.2 Å². The van der Waals surface area contributed by atoms with Gasteiger partial charge in [0.25, 0.3) is 15.7 Å². The summed E-state index contributed by atoms with van der Waals surface area (Å²) < 4.78 is 27.8. The van der Waals surface area contributed by atoms with E-state index in [-0.39, 0.29) is 11.9 Å². The van der Waals surface area contributed by atoms with Crippen molar-refractivity contribution in [3.63, 3.8) is 0 Å². The molecule has 1 fully saturated rings. The molecule has 11 heteroatoms. The number of nitro groups is 1. The van der Waals surface area contributed by atoms with Crippen molar-refractivity contribution in [2.45, 2.75) is 10.8 Å². The Hall–Kier alpha value is -2.11. The van der Waals surface area contributed by atoms with Gasteiger partial charge in [-0.15, -0.1) is 0 Å². The zero-order valence-corrected chi connectivity index (χ0v) is 14.5. The molecule has 3 rings (SSSR count). The fraction of sp³-hybridized carbons (Fsp3) is 0.231. The molecule has 0 spiro atoms. The first-order valence-corrected chi connectivity index (χ1v) is 9.15. The summed E-state index contributed by atoms with van der Waals surface area (Å²) in [6.45, 7) is 1.48. The molecule has 126 valence electrons. The van der Waals surface area contributed by atoms with Crippen LogP contribution in [0.4, 0.5) is 11.6 Å². The van der Waals surface area contributed by atoms with Gasteiger partial charge in [0.2, 0.25) is 5.95 Å². The van der Waals surface area contributed by atoms with E-state index in [2.05, 4.69) is 35.9 Å². The number of anilines is 1. The van der Waals surface area contributed by atoms with E-state index in [4.69, 9.17) is 0 Å². The maximum Gasteiger partial charge on any atom is 0.289 e. The number of rotatable bonds is 5. The van der Waals surface area contributed by atoms with Crippen LogP contribution in [0.3, 0.4) is 0 Å². The summed E-state index contributed by atoms with van der Waals surface area (Å²) in [5, 5.41) is 14.1. The number of hydrogen-bond donors (Lipinski definition) is 2. The van der Waals surface area contributed by atoms with Gasteiger partial charge in [-0.3, -0.25) is 10.1 Å². The Bertz CT molecular complexity index is 901. The molecule has 0 saturated carbocycles. The average molecular weight is 414 g/mol. The third-order valence-electron chi connectivity index (χ3n) is 3.52. The van der Waals surface area contributed by atoms with Crippen LogP contribution in [-0.2, 0) is 10.0 Å². The lowest BCUT2D eigenvalue weighted by atomic mass is 9.99. The van der Waals surface area contributed by atoms with Crippen LogP contribution in [0.5, 0.6) is 0 Å². The van der Waals surface area contributed by atoms with Crippen LogP contribution in [0.2, 0.25) is 0 Å². The Kier molecular flexibility index (Phi) is 4.47. The minimum atomic E-state index is -4.18. The first-order valence-electron chi connectivity index (χ1n) is 6.88. The molecule has 2 N–H and O–H groups in total. The Labute approximate surface area is 145 Å². The van der Waals surface area contributed by atoms with Gasteiger partial charge in [0, 0.05) is 31.3 Å². The van der Waals surface area contributed by atoms with Gasteiger partial charge in [-0.1, -0.05) is 12.1 Å². The van der Waals surface area contributed by atoms with Crippen LogP contribution < -0.4 is 10.0 Å². The predicted octanol–water partition coefficient (Wildman–Crippen LogP) is 1.63. The number of halogens is 1. The first kappa shape index (κ1) is 16.7. The molecule has 0 aliphatic carbocycles. The van der Waals surface area contributed by atoms with Crippen molar-refractivity contribution in [3.8, 4) is 0 Å². The number of para-hydroxylation sites is 1. The molecular formula is C13H12BrN5O4S. The molecule has 0 atom stereocenters. The van der Waals surface area contributed by atoms with E-state index in [1.54, 1.807) is 0 Å². The SMILES string of the molecule is O=[N+]([O-])c1ccccc1S(=O)(=O)Nc1ncc(Br)c(C2CNC2)n1. The third kappa shape index (κ3) is 3.23. The van der Waals surface area contributed by atoms with Gasteiger partial charge in [0.15, 0.2) is 4.90 Å². The number of hydrogen-bond acceptors (Lipinski definition) is 7. The minimum absolute atomic E-state index is 0.127. The lowest BCUT2D eigenvalue weighted by Crippen LogP contribution is -2.40. The summed E-state index contributed by atoms with van der Waals surface area (Å²) >= 11 is 3.34. The normalized spacial score (nSPS) is 14.9. The highest BCUT2D eigenvalue weighted by Crippen LogP contribution is 2.28. The van der Waals surface area contributed by atoms with Crippen molar-refractivity contribution in [3.05, 3.63) is 50.7 Å². The number of sulfonamides is 1. The van der Waals surface area contributed by atoms with Gasteiger partial charge in [-0.2, -0.15) is 0 Å². The molecule has 0 unspecified atom stereocenters. The number of nitrogens with zero attached hydrogens (tertiary/aromatic N) is 3. The smallest absolute Gasteiger partial charge is 0.289 e. The highest BCUT2D eigenvalue weighted by Gasteiger charge is 2.27.